The number of carbonyl (C=O) groups is 2. The van der Waals surface area contributed by atoms with E-state index in [1.54, 1.807) is 30.3 Å². The molecule has 1 atom stereocenters. The summed E-state index contributed by atoms with van der Waals surface area (Å²) in [6, 6.07) is 15.9. The van der Waals surface area contributed by atoms with Crippen molar-refractivity contribution in [1.82, 2.24) is 19.9 Å². The number of nitrogens with one attached hydrogen (secondary N) is 1. The van der Waals surface area contributed by atoms with E-state index in [4.69, 9.17) is 14.6 Å². The highest BCUT2D eigenvalue weighted by Crippen LogP contribution is 2.33. The first-order valence-electron chi connectivity index (χ1n) is 11.5. The summed E-state index contributed by atoms with van der Waals surface area (Å²) in [5.74, 6) is -5.06. The number of carbonyl (C=O) groups excluding carboxylic acids is 1. The predicted octanol–water partition coefficient (Wildman–Crippen LogP) is 5.10. The number of H-pyrrole nitrogens is 1. The van der Waals surface area contributed by atoms with E-state index < -0.39 is 30.6 Å². The van der Waals surface area contributed by atoms with Crippen molar-refractivity contribution in [3.63, 3.8) is 0 Å². The number of halogens is 5. The second-order valence-corrected chi connectivity index (χ2v) is 8.87. The van der Waals surface area contributed by atoms with Gasteiger partial charge in [-0.15, -0.1) is 0 Å². The maximum atomic E-state index is 14.7. The number of alkyl halides is 5. The molecule has 3 heterocycles. The topological polar surface area (TPSA) is 108 Å². The second-order valence-electron chi connectivity index (χ2n) is 8.56. The third-order valence-electron chi connectivity index (χ3n) is 5.88. The van der Waals surface area contributed by atoms with Crippen LogP contribution in [0.3, 0.4) is 0 Å². The van der Waals surface area contributed by atoms with Crippen LogP contribution in [0.4, 0.5) is 22.0 Å². The van der Waals surface area contributed by atoms with E-state index in [0.717, 1.165) is 5.39 Å². The summed E-state index contributed by atoms with van der Waals surface area (Å²) in [4.78, 5) is 35.4. The Kier molecular flexibility index (Phi) is 7.95. The van der Waals surface area contributed by atoms with Gasteiger partial charge < -0.3 is 19.7 Å². The monoisotopic (exact) mass is 568 g/mol. The number of rotatable bonds is 4. The number of thiol groups is 1. The van der Waals surface area contributed by atoms with Crippen LogP contribution in [0.15, 0.2) is 54.6 Å². The summed E-state index contributed by atoms with van der Waals surface area (Å²) >= 11 is 4.21. The summed E-state index contributed by atoms with van der Waals surface area (Å²) < 4.78 is 66.7. The fourth-order valence-electron chi connectivity index (χ4n) is 3.94. The van der Waals surface area contributed by atoms with Gasteiger partial charge in [0.25, 0.3) is 11.8 Å². The van der Waals surface area contributed by atoms with Gasteiger partial charge in [0, 0.05) is 30.2 Å². The van der Waals surface area contributed by atoms with Gasteiger partial charge in [-0.1, -0.05) is 24.3 Å². The first-order chi connectivity index (χ1) is 18.4. The van der Waals surface area contributed by atoms with Crippen LogP contribution in [0.5, 0.6) is 5.88 Å². The fraction of sp³-hybridized carbons (Fsp3) is 0.280. The Morgan fingerprint density at radius 3 is 2.51 bits per heavy atom. The molecule has 39 heavy (non-hydrogen) atoms. The molecule has 2 aromatic heterocycles. The van der Waals surface area contributed by atoms with Crippen molar-refractivity contribution < 1.29 is 41.4 Å². The fourth-order valence-corrected chi connectivity index (χ4v) is 4.09. The Balaban J connectivity index is 0.000000448. The minimum atomic E-state index is -5.08. The highest BCUT2D eigenvalue weighted by Gasteiger charge is 2.47. The molecule has 0 bridgehead atoms. The standard InChI is InChI=1S/C23H20F2N4O2S.C2HF3O2/c24-23(25)10-11-29(22(30)15-5-3-7-17-21(15)28-19(13-32)26-17)12-18(23)31-20-9-8-14-4-1-2-6-16(14)27-20;3-2(4,5)1(6)7/h1-9,18,32H,10-13H2,(H,26,28);(H,6,7). The van der Waals surface area contributed by atoms with Crippen molar-refractivity contribution in [1.29, 1.82) is 0 Å². The first kappa shape index (κ1) is 28.1. The third-order valence-corrected chi connectivity index (χ3v) is 6.18. The predicted molar refractivity (Wildman–Crippen MR) is 134 cm³/mol. The lowest BCUT2D eigenvalue weighted by Gasteiger charge is -2.38. The highest BCUT2D eigenvalue weighted by molar-refractivity contribution is 7.79. The van der Waals surface area contributed by atoms with Gasteiger partial charge in [0.1, 0.15) is 11.3 Å². The van der Waals surface area contributed by atoms with Crippen LogP contribution in [0, 0.1) is 0 Å². The van der Waals surface area contributed by atoms with Crippen LogP contribution in [-0.2, 0) is 10.5 Å². The third kappa shape index (κ3) is 6.38. The van der Waals surface area contributed by atoms with E-state index in [0.29, 0.717) is 33.7 Å². The van der Waals surface area contributed by atoms with Crippen molar-refractivity contribution >= 4 is 46.4 Å². The van der Waals surface area contributed by atoms with E-state index in [2.05, 4.69) is 27.6 Å². The number of para-hydroxylation sites is 2. The minimum Gasteiger partial charge on any atom is -0.475 e. The summed E-state index contributed by atoms with van der Waals surface area (Å²) in [7, 11) is 0. The normalized spacial score (nSPS) is 17.0. The van der Waals surface area contributed by atoms with Crippen LogP contribution in [0.25, 0.3) is 21.9 Å². The van der Waals surface area contributed by atoms with Gasteiger partial charge in [-0.3, -0.25) is 4.79 Å². The number of nitrogens with zero attached hydrogens (tertiary/aromatic N) is 3. The number of aliphatic carboxylic acids is 1. The zero-order valence-corrected chi connectivity index (χ0v) is 20.8. The Morgan fingerprint density at radius 2 is 1.82 bits per heavy atom. The molecule has 8 nitrogen and oxygen atoms in total. The Morgan fingerprint density at radius 1 is 1.10 bits per heavy atom. The molecule has 0 saturated carbocycles. The van der Waals surface area contributed by atoms with E-state index in [-0.39, 0.29) is 24.9 Å². The lowest BCUT2D eigenvalue weighted by molar-refractivity contribution is -0.192. The van der Waals surface area contributed by atoms with Crippen LogP contribution in [0.2, 0.25) is 0 Å². The maximum absolute atomic E-state index is 14.7. The summed E-state index contributed by atoms with van der Waals surface area (Å²) in [6.07, 6.45) is -7.07. The molecule has 2 N–H and O–H groups in total. The molecule has 1 fully saturated rings. The summed E-state index contributed by atoms with van der Waals surface area (Å²) in [6.45, 7) is -0.322. The van der Waals surface area contributed by atoms with Crippen molar-refractivity contribution in [2.75, 3.05) is 13.1 Å². The Labute approximate surface area is 223 Å². The lowest BCUT2D eigenvalue weighted by atomic mass is 10.0. The smallest absolute Gasteiger partial charge is 0.475 e. The number of hydrogen-bond acceptors (Lipinski definition) is 6. The number of imidazole rings is 1. The number of carboxylic acid groups (broad SMARTS) is 1. The van der Waals surface area contributed by atoms with Crippen LogP contribution in [0.1, 0.15) is 22.6 Å². The molecule has 1 aliphatic heterocycles. The van der Waals surface area contributed by atoms with Gasteiger partial charge in [0.2, 0.25) is 5.88 Å². The highest BCUT2D eigenvalue weighted by atomic mass is 32.1. The van der Waals surface area contributed by atoms with Gasteiger partial charge in [0.15, 0.2) is 6.10 Å². The second kappa shape index (κ2) is 11.0. The molecule has 14 heteroatoms. The SMILES string of the molecule is O=C(O)C(F)(F)F.O=C(c1cccc2[nH]c(CS)nc12)N1CCC(F)(F)C(Oc2ccc3ccccc3n2)C1. The van der Waals surface area contributed by atoms with Crippen LogP contribution >= 0.6 is 12.6 Å². The number of likely N-dealkylation sites (tertiary alicyclic amines) is 1. The van der Waals surface area contributed by atoms with Crippen molar-refractivity contribution in [3.8, 4) is 5.88 Å². The molecule has 0 radical (unpaired) electrons. The van der Waals surface area contributed by atoms with Gasteiger partial charge in [0.05, 0.1) is 23.1 Å². The van der Waals surface area contributed by atoms with Crippen LogP contribution < -0.4 is 4.74 Å². The molecule has 1 aliphatic rings. The summed E-state index contributed by atoms with van der Waals surface area (Å²) in [5.41, 5.74) is 2.23. The van der Waals surface area contributed by atoms with Crippen molar-refractivity contribution in [2.45, 2.75) is 30.4 Å². The number of hydrogen-bond donors (Lipinski definition) is 3. The molecule has 5 rings (SSSR count). The number of aromatic amines is 1. The molecule has 4 aromatic rings. The molecule has 1 saturated heterocycles. The van der Waals surface area contributed by atoms with Gasteiger partial charge in [-0.2, -0.15) is 25.8 Å². The van der Waals surface area contributed by atoms with E-state index >= 15 is 0 Å². The zero-order valence-electron chi connectivity index (χ0n) is 20.0. The van der Waals surface area contributed by atoms with Gasteiger partial charge in [-0.05, 0) is 24.3 Å². The molecular formula is C25H21F5N4O4S. The molecule has 1 unspecified atom stereocenters. The number of fused-ring (bicyclic) bond motifs is 2. The molecule has 0 aliphatic carbocycles. The summed E-state index contributed by atoms with van der Waals surface area (Å²) in [5, 5.41) is 8.01. The minimum absolute atomic E-state index is 0.0723. The van der Waals surface area contributed by atoms with Crippen molar-refractivity contribution in [2.24, 2.45) is 0 Å². The average Bonchev–Trinajstić information content (AvgIpc) is 3.33. The molecular weight excluding hydrogens is 547 g/mol. The van der Waals surface area contributed by atoms with Crippen molar-refractivity contribution in [3.05, 3.63) is 66.0 Å². The number of carboxylic acids is 1. The molecule has 0 spiro atoms. The largest absolute Gasteiger partial charge is 0.490 e. The Bertz CT molecular complexity index is 1510. The lowest BCUT2D eigenvalue weighted by Crippen LogP contribution is -2.55. The molecule has 1 amide bonds. The average molecular weight is 569 g/mol. The van der Waals surface area contributed by atoms with E-state index in [9.17, 15) is 26.7 Å². The number of piperidine rings is 1. The van der Waals surface area contributed by atoms with E-state index in [1.807, 2.05) is 24.3 Å². The number of aromatic nitrogens is 3. The number of pyridine rings is 1. The van der Waals surface area contributed by atoms with Crippen LogP contribution in [-0.4, -0.2) is 68.1 Å². The van der Waals surface area contributed by atoms with Gasteiger partial charge in [-0.25, -0.2) is 23.5 Å². The number of amides is 1. The number of benzene rings is 2. The van der Waals surface area contributed by atoms with E-state index in [1.165, 1.54) is 4.90 Å². The van der Waals surface area contributed by atoms with Gasteiger partial charge >= 0.3 is 12.1 Å². The Hall–Kier alpha value is -3.94. The number of ether oxygens (including phenoxy) is 1. The first-order valence-corrected chi connectivity index (χ1v) is 12.1. The zero-order chi connectivity index (χ0) is 28.4. The maximum Gasteiger partial charge on any atom is 0.490 e. The molecule has 2 aromatic carbocycles. The molecule has 206 valence electrons. The quantitative estimate of drug-likeness (QED) is 0.234.